The van der Waals surface area contributed by atoms with E-state index in [0.717, 1.165) is 31.9 Å². The highest BCUT2D eigenvalue weighted by molar-refractivity contribution is 6.22. The fourth-order valence-electron chi connectivity index (χ4n) is 3.21. The van der Waals surface area contributed by atoms with Crippen LogP contribution < -0.4 is 9.80 Å². The molecule has 0 N–H and O–H groups in total. The maximum atomic E-state index is 12.8. The predicted octanol–water partition coefficient (Wildman–Crippen LogP) is 0.632. The number of imide groups is 1. The SMILES string of the molecule is CN1CCN([C@H]2CC(=O)N(c3ccc(N(C)C)cc3)C2=O)CC1. The summed E-state index contributed by atoms with van der Waals surface area (Å²) in [6, 6.07) is 7.25. The number of benzene rings is 1. The van der Waals surface area contributed by atoms with Gasteiger partial charge < -0.3 is 9.80 Å². The molecule has 2 heterocycles. The van der Waals surface area contributed by atoms with Gasteiger partial charge in [0.1, 0.15) is 0 Å². The number of hydrogen-bond donors (Lipinski definition) is 0. The average Bonchev–Trinajstić information content (AvgIpc) is 2.83. The molecule has 2 fully saturated rings. The number of anilines is 2. The lowest BCUT2D eigenvalue weighted by Crippen LogP contribution is -2.51. The van der Waals surface area contributed by atoms with Crippen LogP contribution in [0.15, 0.2) is 24.3 Å². The Morgan fingerprint density at radius 1 is 1.00 bits per heavy atom. The minimum atomic E-state index is -0.301. The fraction of sp³-hybridized carbons (Fsp3) is 0.529. The Bertz CT molecular complexity index is 591. The first kappa shape index (κ1) is 16.0. The van der Waals surface area contributed by atoms with E-state index in [-0.39, 0.29) is 24.3 Å². The Balaban J connectivity index is 1.76. The standard InChI is InChI=1S/C17H24N4O2/c1-18(2)13-4-6-14(7-5-13)21-16(22)12-15(17(21)23)20-10-8-19(3)9-11-20/h4-7,15H,8-12H2,1-3H3/t15-/m0/s1. The van der Waals surface area contributed by atoms with Crippen molar-refractivity contribution in [1.29, 1.82) is 0 Å². The van der Waals surface area contributed by atoms with E-state index in [0.29, 0.717) is 5.69 Å². The Hall–Kier alpha value is -1.92. The molecule has 0 aromatic heterocycles. The Morgan fingerprint density at radius 3 is 2.17 bits per heavy atom. The second-order valence-corrected chi connectivity index (χ2v) is 6.54. The topological polar surface area (TPSA) is 47.1 Å². The van der Waals surface area contributed by atoms with Crippen molar-refractivity contribution in [2.24, 2.45) is 0 Å². The summed E-state index contributed by atoms with van der Waals surface area (Å²) in [5, 5.41) is 0. The quantitative estimate of drug-likeness (QED) is 0.766. The molecule has 0 aliphatic carbocycles. The van der Waals surface area contributed by atoms with E-state index < -0.39 is 0 Å². The summed E-state index contributed by atoms with van der Waals surface area (Å²) in [7, 11) is 6.01. The highest BCUT2D eigenvalue weighted by Crippen LogP contribution is 2.27. The molecule has 2 aliphatic rings. The first-order chi connectivity index (χ1) is 11.0. The third kappa shape index (κ3) is 3.09. The lowest BCUT2D eigenvalue weighted by Gasteiger charge is -2.35. The minimum Gasteiger partial charge on any atom is -0.378 e. The molecule has 23 heavy (non-hydrogen) atoms. The summed E-state index contributed by atoms with van der Waals surface area (Å²) in [5.41, 5.74) is 1.71. The van der Waals surface area contributed by atoms with Crippen LogP contribution in [0.4, 0.5) is 11.4 Å². The summed E-state index contributed by atoms with van der Waals surface area (Å²) in [5.74, 6) is -0.186. The number of hydrogen-bond acceptors (Lipinski definition) is 5. The molecule has 1 atom stereocenters. The van der Waals surface area contributed by atoms with E-state index >= 15 is 0 Å². The van der Waals surface area contributed by atoms with Crippen molar-refractivity contribution in [2.45, 2.75) is 12.5 Å². The van der Waals surface area contributed by atoms with Gasteiger partial charge in [0, 0.05) is 46.0 Å². The molecular formula is C17H24N4O2. The van der Waals surface area contributed by atoms with Crippen molar-refractivity contribution in [3.8, 4) is 0 Å². The van der Waals surface area contributed by atoms with E-state index in [2.05, 4.69) is 16.8 Å². The Kier molecular flexibility index (Phi) is 4.37. The minimum absolute atomic E-state index is 0.0860. The third-order valence-electron chi connectivity index (χ3n) is 4.73. The van der Waals surface area contributed by atoms with Crippen molar-refractivity contribution < 1.29 is 9.59 Å². The normalized spacial score (nSPS) is 23.6. The molecule has 2 amide bonds. The average molecular weight is 316 g/mol. The molecular weight excluding hydrogens is 292 g/mol. The van der Waals surface area contributed by atoms with Crippen LogP contribution in [-0.4, -0.2) is 75.0 Å². The molecule has 124 valence electrons. The molecule has 6 nitrogen and oxygen atoms in total. The van der Waals surface area contributed by atoms with Crippen molar-refractivity contribution >= 4 is 23.2 Å². The second kappa shape index (κ2) is 6.29. The number of amides is 2. The monoisotopic (exact) mass is 316 g/mol. The smallest absolute Gasteiger partial charge is 0.251 e. The van der Waals surface area contributed by atoms with Gasteiger partial charge in [-0.2, -0.15) is 0 Å². The molecule has 1 aromatic carbocycles. The first-order valence-corrected chi connectivity index (χ1v) is 8.04. The maximum Gasteiger partial charge on any atom is 0.251 e. The number of carbonyl (C=O) groups excluding carboxylic acids is 2. The van der Waals surface area contributed by atoms with E-state index in [9.17, 15) is 9.59 Å². The van der Waals surface area contributed by atoms with Crippen molar-refractivity contribution in [2.75, 3.05) is 57.1 Å². The first-order valence-electron chi connectivity index (χ1n) is 8.04. The van der Waals surface area contributed by atoms with Gasteiger partial charge in [0.25, 0.3) is 5.91 Å². The summed E-state index contributed by atoms with van der Waals surface area (Å²) in [4.78, 5) is 32.9. The van der Waals surface area contributed by atoms with Gasteiger partial charge in [-0.15, -0.1) is 0 Å². The molecule has 3 rings (SSSR count). The number of rotatable bonds is 3. The van der Waals surface area contributed by atoms with Gasteiger partial charge in [-0.05, 0) is 31.3 Å². The summed E-state index contributed by atoms with van der Waals surface area (Å²) < 4.78 is 0. The van der Waals surface area contributed by atoms with E-state index in [1.54, 1.807) is 0 Å². The van der Waals surface area contributed by atoms with E-state index in [4.69, 9.17) is 0 Å². The lowest BCUT2D eigenvalue weighted by molar-refractivity contribution is -0.123. The van der Waals surface area contributed by atoms with Gasteiger partial charge in [0.05, 0.1) is 18.2 Å². The highest BCUT2D eigenvalue weighted by atomic mass is 16.2. The number of piperazine rings is 1. The van der Waals surface area contributed by atoms with Crippen LogP contribution in [0.5, 0.6) is 0 Å². The van der Waals surface area contributed by atoms with Crippen LogP contribution in [-0.2, 0) is 9.59 Å². The molecule has 0 spiro atoms. The van der Waals surface area contributed by atoms with Gasteiger partial charge in [0.15, 0.2) is 0 Å². The van der Waals surface area contributed by atoms with Crippen LogP contribution >= 0.6 is 0 Å². The third-order valence-corrected chi connectivity index (χ3v) is 4.73. The molecule has 2 saturated heterocycles. The van der Waals surface area contributed by atoms with Gasteiger partial charge >= 0.3 is 0 Å². The van der Waals surface area contributed by atoms with Crippen LogP contribution in [0, 0.1) is 0 Å². The van der Waals surface area contributed by atoms with Crippen LogP contribution in [0.2, 0.25) is 0 Å². The highest BCUT2D eigenvalue weighted by Gasteiger charge is 2.43. The Morgan fingerprint density at radius 2 is 1.61 bits per heavy atom. The van der Waals surface area contributed by atoms with Crippen molar-refractivity contribution in [1.82, 2.24) is 9.80 Å². The number of likely N-dealkylation sites (N-methyl/N-ethyl adjacent to an activating group) is 1. The summed E-state index contributed by atoms with van der Waals surface area (Å²) >= 11 is 0. The molecule has 2 aliphatic heterocycles. The fourth-order valence-corrected chi connectivity index (χ4v) is 3.21. The van der Waals surface area contributed by atoms with Crippen molar-refractivity contribution in [3.05, 3.63) is 24.3 Å². The van der Waals surface area contributed by atoms with Crippen LogP contribution in [0.25, 0.3) is 0 Å². The maximum absolute atomic E-state index is 12.8. The largest absolute Gasteiger partial charge is 0.378 e. The summed E-state index contributed by atoms with van der Waals surface area (Å²) in [6.45, 7) is 3.56. The van der Waals surface area contributed by atoms with Crippen LogP contribution in [0.3, 0.4) is 0 Å². The molecule has 0 bridgehead atoms. The van der Waals surface area contributed by atoms with E-state index in [1.807, 2.05) is 43.3 Å². The zero-order valence-electron chi connectivity index (χ0n) is 14.0. The lowest BCUT2D eigenvalue weighted by atomic mass is 10.2. The number of carbonyl (C=O) groups is 2. The van der Waals surface area contributed by atoms with Gasteiger partial charge in [-0.3, -0.25) is 14.5 Å². The van der Waals surface area contributed by atoms with Gasteiger partial charge in [-0.25, -0.2) is 4.90 Å². The van der Waals surface area contributed by atoms with Gasteiger partial charge in [-0.1, -0.05) is 0 Å². The number of nitrogens with zero attached hydrogens (tertiary/aromatic N) is 4. The molecule has 0 saturated carbocycles. The zero-order chi connectivity index (χ0) is 16.6. The summed E-state index contributed by atoms with van der Waals surface area (Å²) in [6.07, 6.45) is 0.290. The Labute approximate surface area is 137 Å². The van der Waals surface area contributed by atoms with E-state index in [1.165, 1.54) is 4.90 Å². The van der Waals surface area contributed by atoms with Crippen LogP contribution in [0.1, 0.15) is 6.42 Å². The molecule has 0 unspecified atom stereocenters. The molecule has 1 aromatic rings. The second-order valence-electron chi connectivity index (χ2n) is 6.54. The predicted molar refractivity (Wildman–Crippen MR) is 90.7 cm³/mol. The molecule has 0 radical (unpaired) electrons. The molecule has 6 heteroatoms. The van der Waals surface area contributed by atoms with Gasteiger partial charge in [0.2, 0.25) is 5.91 Å². The zero-order valence-corrected chi connectivity index (χ0v) is 14.0. The van der Waals surface area contributed by atoms with Crippen molar-refractivity contribution in [3.63, 3.8) is 0 Å².